The van der Waals surface area contributed by atoms with Gasteiger partial charge in [0.15, 0.2) is 0 Å². The van der Waals surface area contributed by atoms with Gasteiger partial charge in [-0.2, -0.15) is 0 Å². The maximum absolute atomic E-state index is 6.20. The number of nitrogens with zero attached hydrogens (tertiary/aromatic N) is 2. The fourth-order valence-electron chi connectivity index (χ4n) is 6.03. The van der Waals surface area contributed by atoms with E-state index in [-0.39, 0.29) is 11.1 Å². The molecule has 0 spiro atoms. The van der Waals surface area contributed by atoms with Crippen molar-refractivity contribution >= 4 is 16.5 Å². The molecule has 0 N–H and O–H groups in total. The van der Waals surface area contributed by atoms with E-state index in [1.807, 2.05) is 0 Å². The van der Waals surface area contributed by atoms with Gasteiger partial charge < -0.3 is 9.13 Å². The van der Waals surface area contributed by atoms with Crippen molar-refractivity contribution in [2.45, 2.75) is 121 Å². The quantitative estimate of drug-likeness (QED) is 0.328. The Labute approximate surface area is 184 Å². The third-order valence-corrected chi connectivity index (χ3v) is 11.9. The summed E-state index contributed by atoms with van der Waals surface area (Å²) < 4.78 is 5.59. The van der Waals surface area contributed by atoms with Gasteiger partial charge >= 0.3 is 0 Å². The highest BCUT2D eigenvalue weighted by atomic mass is 28.3. The molecule has 0 atom stereocenters. The van der Waals surface area contributed by atoms with E-state index < -0.39 is 16.5 Å². The van der Waals surface area contributed by atoms with Crippen LogP contribution < -0.4 is 0 Å². The second kappa shape index (κ2) is 9.74. The molecule has 0 aliphatic heterocycles. The zero-order valence-corrected chi connectivity index (χ0v) is 22.2. The summed E-state index contributed by atoms with van der Waals surface area (Å²) in [6, 6.07) is 0. The van der Waals surface area contributed by atoms with Gasteiger partial charge in [-0.25, -0.2) is 0 Å². The van der Waals surface area contributed by atoms with Crippen LogP contribution in [0.4, 0.5) is 0 Å². The normalized spacial score (nSPS) is 22.3. The first-order valence-electron chi connectivity index (χ1n) is 12.0. The van der Waals surface area contributed by atoms with Crippen molar-refractivity contribution in [1.29, 1.82) is 0 Å². The fraction of sp³-hybridized carbons (Fsp3) is 0.840. The third-order valence-electron chi connectivity index (χ3n) is 7.32. The average molecular weight is 431 g/mol. The summed E-state index contributed by atoms with van der Waals surface area (Å²) >= 11 is 0. The molecular formula is C25H46N2Si2. The molecule has 2 saturated carbocycles. The largest absolute Gasteiger partial charge is 0.309 e. The molecule has 29 heavy (non-hydrogen) atoms. The summed E-state index contributed by atoms with van der Waals surface area (Å²) in [5, 5.41) is 0. The van der Waals surface area contributed by atoms with Crippen molar-refractivity contribution in [3.05, 3.63) is 0 Å². The minimum atomic E-state index is -1.51. The molecule has 0 amide bonds. The van der Waals surface area contributed by atoms with Crippen molar-refractivity contribution in [3.63, 3.8) is 0 Å². The van der Waals surface area contributed by atoms with Crippen LogP contribution in [0.2, 0.25) is 39.3 Å². The molecule has 0 aromatic carbocycles. The molecule has 2 rings (SSSR count). The van der Waals surface area contributed by atoms with E-state index >= 15 is 0 Å². The van der Waals surface area contributed by atoms with E-state index in [4.69, 9.17) is 12.8 Å². The summed E-state index contributed by atoms with van der Waals surface area (Å²) in [5.74, 6) is 6.60. The van der Waals surface area contributed by atoms with Gasteiger partial charge in [0.1, 0.15) is 16.5 Å². The molecule has 2 aliphatic rings. The highest BCUT2D eigenvalue weighted by molar-refractivity contribution is 6.74. The van der Waals surface area contributed by atoms with Crippen LogP contribution in [-0.4, -0.2) is 49.8 Å². The van der Waals surface area contributed by atoms with Gasteiger partial charge in [0.25, 0.3) is 0 Å². The first-order valence-corrected chi connectivity index (χ1v) is 18.9. The van der Waals surface area contributed by atoms with Crippen LogP contribution in [0.3, 0.4) is 0 Å². The topological polar surface area (TPSA) is 6.48 Å². The number of rotatable bonds is 8. The molecule has 0 saturated heterocycles. The Morgan fingerprint density at radius 2 is 0.931 bits per heavy atom. The molecule has 0 unspecified atom stereocenters. The lowest BCUT2D eigenvalue weighted by Gasteiger charge is -2.51. The molecule has 0 bridgehead atoms. The third kappa shape index (κ3) is 5.79. The van der Waals surface area contributed by atoms with Crippen LogP contribution in [0.5, 0.6) is 0 Å². The Morgan fingerprint density at radius 1 is 0.621 bits per heavy atom. The SMILES string of the molecule is C#CC1(N(CCCN(C2(C#C)CCCCC2)[Si](C)(C)C)[Si](C)(C)C)CCCCC1. The zero-order valence-electron chi connectivity index (χ0n) is 20.2. The minimum absolute atomic E-state index is 0.00135. The lowest BCUT2D eigenvalue weighted by atomic mass is 9.82. The number of terminal acetylenes is 2. The number of hydrogen-bond acceptors (Lipinski definition) is 2. The van der Waals surface area contributed by atoms with Crippen molar-refractivity contribution in [2.75, 3.05) is 13.1 Å². The zero-order chi connectivity index (χ0) is 21.8. The first kappa shape index (κ1) is 24.7. The van der Waals surface area contributed by atoms with Gasteiger partial charge in [-0.3, -0.25) is 0 Å². The Hall–Kier alpha value is -0.526. The van der Waals surface area contributed by atoms with Crippen molar-refractivity contribution in [3.8, 4) is 24.7 Å². The fourth-order valence-corrected chi connectivity index (χ4v) is 10.8. The van der Waals surface area contributed by atoms with E-state index in [1.54, 1.807) is 0 Å². The highest BCUT2D eigenvalue weighted by Gasteiger charge is 2.44. The molecule has 0 radical (unpaired) electrons. The first-order chi connectivity index (χ1) is 13.5. The van der Waals surface area contributed by atoms with Gasteiger partial charge in [-0.1, -0.05) is 89.6 Å². The Bertz CT molecular complexity index is 549. The van der Waals surface area contributed by atoms with E-state index in [1.165, 1.54) is 70.6 Å². The van der Waals surface area contributed by atoms with Crippen LogP contribution in [0.1, 0.15) is 70.6 Å². The van der Waals surface area contributed by atoms with Gasteiger partial charge in [0, 0.05) is 0 Å². The number of hydrogen-bond donors (Lipinski definition) is 0. The lowest BCUT2D eigenvalue weighted by molar-refractivity contribution is 0.152. The molecule has 2 aliphatic carbocycles. The van der Waals surface area contributed by atoms with Crippen LogP contribution in [0, 0.1) is 24.7 Å². The van der Waals surface area contributed by atoms with Crippen LogP contribution >= 0.6 is 0 Å². The molecule has 2 fully saturated rings. The van der Waals surface area contributed by atoms with Gasteiger partial charge in [-0.15, -0.1) is 12.8 Å². The van der Waals surface area contributed by atoms with E-state index in [9.17, 15) is 0 Å². The predicted octanol–water partition coefficient (Wildman–Crippen LogP) is 6.32. The summed E-state index contributed by atoms with van der Waals surface area (Å²) in [6.07, 6.45) is 26.1. The van der Waals surface area contributed by atoms with E-state index in [0.29, 0.717) is 0 Å². The van der Waals surface area contributed by atoms with Crippen LogP contribution in [-0.2, 0) is 0 Å². The molecule has 0 aromatic rings. The average Bonchev–Trinajstić information content (AvgIpc) is 2.67. The maximum atomic E-state index is 6.20. The molecular weight excluding hydrogens is 384 g/mol. The van der Waals surface area contributed by atoms with E-state index in [2.05, 4.69) is 60.3 Å². The summed E-state index contributed by atoms with van der Waals surface area (Å²) in [4.78, 5) is 0. The Balaban J connectivity index is 2.17. The van der Waals surface area contributed by atoms with Crippen LogP contribution in [0.15, 0.2) is 0 Å². The van der Waals surface area contributed by atoms with Crippen molar-refractivity contribution in [2.24, 2.45) is 0 Å². The second-order valence-corrected chi connectivity index (χ2v) is 21.2. The lowest BCUT2D eigenvalue weighted by Crippen LogP contribution is -2.62. The minimum Gasteiger partial charge on any atom is -0.309 e. The van der Waals surface area contributed by atoms with Crippen LogP contribution in [0.25, 0.3) is 0 Å². The Kier molecular flexibility index (Phi) is 8.31. The smallest absolute Gasteiger partial charge is 0.120 e. The molecule has 0 heterocycles. The molecule has 0 aromatic heterocycles. The summed E-state index contributed by atoms with van der Waals surface area (Å²) in [5.41, 5.74) is 0.00269. The highest BCUT2D eigenvalue weighted by Crippen LogP contribution is 2.38. The maximum Gasteiger partial charge on any atom is 0.120 e. The Morgan fingerprint density at radius 3 is 1.17 bits per heavy atom. The molecule has 2 nitrogen and oxygen atoms in total. The van der Waals surface area contributed by atoms with E-state index in [0.717, 1.165) is 13.1 Å². The van der Waals surface area contributed by atoms with Gasteiger partial charge in [-0.05, 0) is 45.2 Å². The molecule has 164 valence electrons. The monoisotopic (exact) mass is 430 g/mol. The van der Waals surface area contributed by atoms with Gasteiger partial charge in [0.2, 0.25) is 0 Å². The van der Waals surface area contributed by atoms with Crippen molar-refractivity contribution in [1.82, 2.24) is 9.13 Å². The standard InChI is InChI=1S/C25H46N2Si2/c1-9-24(18-13-11-14-19-24)26(28(3,4)5)22-17-23-27(29(6,7)8)25(10-2)20-15-12-16-21-25/h1-2H,11-23H2,3-8H3. The summed E-state index contributed by atoms with van der Waals surface area (Å²) in [6.45, 7) is 17.1. The predicted molar refractivity (Wildman–Crippen MR) is 134 cm³/mol. The molecule has 4 heteroatoms. The van der Waals surface area contributed by atoms with Gasteiger partial charge in [0.05, 0.1) is 11.1 Å². The van der Waals surface area contributed by atoms with Crippen molar-refractivity contribution < 1.29 is 0 Å². The second-order valence-electron chi connectivity index (χ2n) is 11.5. The summed E-state index contributed by atoms with van der Waals surface area (Å²) in [7, 11) is -3.02.